The third-order valence-electron chi connectivity index (χ3n) is 1.76. The van der Waals surface area contributed by atoms with Crippen LogP contribution in [0.4, 0.5) is 13.2 Å². The van der Waals surface area contributed by atoms with Gasteiger partial charge in [0, 0.05) is 11.0 Å². The fraction of sp³-hybridized carbons (Fsp3) is 0.400. The van der Waals surface area contributed by atoms with Gasteiger partial charge in [-0.3, -0.25) is 0 Å². The van der Waals surface area contributed by atoms with Crippen LogP contribution in [0.25, 0.3) is 0 Å². The van der Waals surface area contributed by atoms with E-state index in [1.165, 1.54) is 0 Å². The zero-order valence-corrected chi connectivity index (χ0v) is 11.0. The zero-order valence-electron chi connectivity index (χ0n) is 8.65. The first-order valence-electron chi connectivity index (χ1n) is 4.74. The minimum absolute atomic E-state index is 0.0996. The van der Waals surface area contributed by atoms with Gasteiger partial charge in [0.1, 0.15) is 12.4 Å². The second-order valence-corrected chi connectivity index (χ2v) is 4.54. The fourth-order valence-corrected chi connectivity index (χ4v) is 1.56. The monoisotopic (exact) mass is 331 g/mol. The Hall–Kier alpha value is -0.460. The maximum absolute atomic E-state index is 11.8. The molecule has 0 aromatic heterocycles. The summed E-state index contributed by atoms with van der Waals surface area (Å²) in [5.41, 5.74) is 0. The van der Waals surface area contributed by atoms with Crippen LogP contribution in [0.15, 0.2) is 22.7 Å². The molecule has 0 saturated heterocycles. The van der Waals surface area contributed by atoms with Crippen LogP contribution in [0.5, 0.6) is 5.75 Å². The first-order chi connectivity index (χ1) is 7.88. The van der Waals surface area contributed by atoms with Crippen molar-refractivity contribution in [3.63, 3.8) is 0 Å². The van der Waals surface area contributed by atoms with Gasteiger partial charge < -0.3 is 10.1 Å². The Morgan fingerprint density at radius 1 is 1.35 bits per heavy atom. The molecule has 17 heavy (non-hydrogen) atoms. The lowest BCUT2D eigenvalue weighted by molar-refractivity contribution is -0.124. The molecule has 0 aliphatic carbocycles. The average Bonchev–Trinajstić information content (AvgIpc) is 2.21. The van der Waals surface area contributed by atoms with Crippen molar-refractivity contribution in [3.8, 4) is 5.75 Å². The molecule has 0 spiro atoms. The highest BCUT2D eigenvalue weighted by molar-refractivity contribution is 9.10. The molecule has 0 fully saturated rings. The molecule has 1 aromatic carbocycles. The van der Waals surface area contributed by atoms with Crippen molar-refractivity contribution in [2.24, 2.45) is 0 Å². The Bertz CT molecular complexity index is 373. The molecule has 0 aliphatic heterocycles. The Kier molecular flexibility index (Phi) is 5.55. The van der Waals surface area contributed by atoms with E-state index in [1.54, 1.807) is 18.2 Å². The van der Waals surface area contributed by atoms with Crippen LogP contribution in [-0.2, 0) is 0 Å². The minimum Gasteiger partial charge on any atom is -0.491 e. The lowest BCUT2D eigenvalue weighted by Crippen LogP contribution is -2.31. The summed E-state index contributed by atoms with van der Waals surface area (Å²) in [5.74, 6) is 0.440. The smallest absolute Gasteiger partial charge is 0.401 e. The van der Waals surface area contributed by atoms with Gasteiger partial charge in [-0.25, -0.2) is 0 Å². The molecule has 1 rings (SSSR count). The summed E-state index contributed by atoms with van der Waals surface area (Å²) in [5, 5.41) is 2.65. The van der Waals surface area contributed by atoms with Crippen LogP contribution < -0.4 is 10.1 Å². The van der Waals surface area contributed by atoms with Crippen LogP contribution in [0.3, 0.4) is 0 Å². The van der Waals surface area contributed by atoms with Gasteiger partial charge in [-0.1, -0.05) is 27.5 Å². The maximum Gasteiger partial charge on any atom is 0.401 e. The molecule has 0 amide bonds. The Morgan fingerprint density at radius 2 is 2.06 bits per heavy atom. The van der Waals surface area contributed by atoms with Crippen LogP contribution in [0.1, 0.15) is 0 Å². The minimum atomic E-state index is -4.20. The summed E-state index contributed by atoms with van der Waals surface area (Å²) < 4.78 is 41.4. The zero-order chi connectivity index (χ0) is 12.9. The van der Waals surface area contributed by atoms with E-state index in [4.69, 9.17) is 16.3 Å². The van der Waals surface area contributed by atoms with E-state index in [1.807, 2.05) is 0 Å². The van der Waals surface area contributed by atoms with Crippen LogP contribution in [0, 0.1) is 0 Å². The number of benzene rings is 1. The van der Waals surface area contributed by atoms with E-state index in [-0.39, 0.29) is 13.2 Å². The van der Waals surface area contributed by atoms with E-state index in [0.29, 0.717) is 10.8 Å². The molecule has 0 aliphatic rings. The normalized spacial score (nSPS) is 11.6. The van der Waals surface area contributed by atoms with Crippen molar-refractivity contribution in [2.45, 2.75) is 6.18 Å². The molecule has 1 aromatic rings. The molecule has 0 radical (unpaired) electrons. The highest BCUT2D eigenvalue weighted by Crippen LogP contribution is 2.27. The molecule has 1 N–H and O–H groups in total. The predicted octanol–water partition coefficient (Wildman–Crippen LogP) is 3.63. The molecule has 96 valence electrons. The topological polar surface area (TPSA) is 21.3 Å². The van der Waals surface area contributed by atoms with Crippen LogP contribution >= 0.6 is 27.5 Å². The molecular formula is C10H10BrClF3NO. The second-order valence-electron chi connectivity index (χ2n) is 3.22. The third kappa shape index (κ3) is 6.14. The Balaban J connectivity index is 2.29. The number of hydrogen-bond acceptors (Lipinski definition) is 2. The second kappa shape index (κ2) is 6.47. The standard InChI is InChI=1S/C10H10BrClF3NO/c11-7-1-2-8(12)9(5-7)17-4-3-16-6-10(13,14)15/h1-2,5,16H,3-4,6H2. The summed E-state index contributed by atoms with van der Waals surface area (Å²) >= 11 is 9.08. The van der Waals surface area contributed by atoms with Crippen molar-refractivity contribution >= 4 is 27.5 Å². The predicted molar refractivity (Wildman–Crippen MR) is 63.6 cm³/mol. The molecular weight excluding hydrogens is 322 g/mol. The number of alkyl halides is 3. The van der Waals surface area contributed by atoms with Gasteiger partial charge in [-0.15, -0.1) is 0 Å². The fourth-order valence-electron chi connectivity index (χ4n) is 1.05. The SMILES string of the molecule is FC(F)(F)CNCCOc1cc(Br)ccc1Cl. The van der Waals surface area contributed by atoms with Crippen LogP contribution in [-0.4, -0.2) is 25.9 Å². The molecule has 2 nitrogen and oxygen atoms in total. The van der Waals surface area contributed by atoms with Gasteiger partial charge in [0.05, 0.1) is 11.6 Å². The van der Waals surface area contributed by atoms with Crippen LogP contribution in [0.2, 0.25) is 5.02 Å². The van der Waals surface area contributed by atoms with Gasteiger partial charge >= 0.3 is 6.18 Å². The summed E-state index contributed by atoms with van der Waals surface area (Å²) in [4.78, 5) is 0. The summed E-state index contributed by atoms with van der Waals surface area (Å²) in [7, 11) is 0. The van der Waals surface area contributed by atoms with E-state index in [0.717, 1.165) is 4.47 Å². The van der Waals surface area contributed by atoms with Crippen molar-refractivity contribution in [2.75, 3.05) is 19.7 Å². The summed E-state index contributed by atoms with van der Waals surface area (Å²) in [6, 6.07) is 5.05. The molecule has 7 heteroatoms. The van der Waals surface area contributed by atoms with Gasteiger partial charge in [-0.05, 0) is 18.2 Å². The number of hydrogen-bond donors (Lipinski definition) is 1. The van der Waals surface area contributed by atoms with E-state index < -0.39 is 12.7 Å². The van der Waals surface area contributed by atoms with Gasteiger partial charge in [0.25, 0.3) is 0 Å². The first kappa shape index (κ1) is 14.6. The van der Waals surface area contributed by atoms with Gasteiger partial charge in [0.15, 0.2) is 0 Å². The van der Waals surface area contributed by atoms with Crippen molar-refractivity contribution in [3.05, 3.63) is 27.7 Å². The highest BCUT2D eigenvalue weighted by atomic mass is 79.9. The molecule has 0 saturated carbocycles. The quantitative estimate of drug-likeness (QED) is 0.831. The third-order valence-corrected chi connectivity index (χ3v) is 2.56. The summed E-state index contributed by atoms with van der Waals surface area (Å²) in [6.07, 6.45) is -4.20. The average molecular weight is 333 g/mol. The molecule has 0 atom stereocenters. The number of halogens is 5. The van der Waals surface area contributed by atoms with E-state index in [2.05, 4.69) is 21.2 Å². The van der Waals surface area contributed by atoms with Gasteiger partial charge in [0.2, 0.25) is 0 Å². The van der Waals surface area contributed by atoms with Gasteiger partial charge in [-0.2, -0.15) is 13.2 Å². The molecule has 0 heterocycles. The maximum atomic E-state index is 11.8. The summed E-state index contributed by atoms with van der Waals surface area (Å²) in [6.45, 7) is -0.808. The first-order valence-corrected chi connectivity index (χ1v) is 5.91. The molecule has 0 bridgehead atoms. The number of nitrogens with one attached hydrogen (secondary N) is 1. The van der Waals surface area contributed by atoms with E-state index >= 15 is 0 Å². The van der Waals surface area contributed by atoms with Crippen molar-refractivity contribution < 1.29 is 17.9 Å². The largest absolute Gasteiger partial charge is 0.491 e. The lowest BCUT2D eigenvalue weighted by atomic mass is 10.3. The number of rotatable bonds is 5. The lowest BCUT2D eigenvalue weighted by Gasteiger charge is -2.10. The highest BCUT2D eigenvalue weighted by Gasteiger charge is 2.25. The van der Waals surface area contributed by atoms with E-state index in [9.17, 15) is 13.2 Å². The van der Waals surface area contributed by atoms with Crippen molar-refractivity contribution in [1.82, 2.24) is 5.32 Å². The van der Waals surface area contributed by atoms with Crippen molar-refractivity contribution in [1.29, 1.82) is 0 Å². The Labute approximate surface area is 110 Å². The number of ether oxygens (including phenoxy) is 1. The molecule has 0 unspecified atom stereocenters. The Morgan fingerprint density at radius 3 is 2.71 bits per heavy atom.